The Kier molecular flexibility index (Phi) is 4.87. The van der Waals surface area contributed by atoms with E-state index in [1.165, 1.54) is 4.31 Å². The Hall–Kier alpha value is -1.21. The minimum absolute atomic E-state index is 0.0145. The molecule has 0 fully saturated rings. The van der Waals surface area contributed by atoms with E-state index in [9.17, 15) is 8.42 Å². The highest BCUT2D eigenvalue weighted by atomic mass is 79.9. The number of nitrogens with zero attached hydrogens (tertiary/aromatic N) is 1. The largest absolute Gasteiger partial charge is 0.323 e. The van der Waals surface area contributed by atoms with Gasteiger partial charge in [-0.25, -0.2) is 8.42 Å². The van der Waals surface area contributed by atoms with Gasteiger partial charge in [-0.1, -0.05) is 52.3 Å². The van der Waals surface area contributed by atoms with Crippen LogP contribution in [-0.4, -0.2) is 25.8 Å². The molecule has 2 aromatic carbocycles. The molecule has 0 amide bonds. The minimum Gasteiger partial charge on any atom is -0.323 e. The first kappa shape index (κ1) is 16.6. The van der Waals surface area contributed by atoms with Gasteiger partial charge in [0.25, 0.3) is 0 Å². The Morgan fingerprint density at radius 1 is 1.17 bits per heavy atom. The van der Waals surface area contributed by atoms with Gasteiger partial charge in [-0.3, -0.25) is 0 Å². The molecule has 0 spiro atoms. The molecule has 23 heavy (non-hydrogen) atoms. The van der Waals surface area contributed by atoms with Crippen LogP contribution < -0.4 is 5.73 Å². The molecule has 0 aromatic heterocycles. The van der Waals surface area contributed by atoms with Gasteiger partial charge in [0.05, 0.1) is 5.75 Å². The van der Waals surface area contributed by atoms with Crippen molar-refractivity contribution in [3.05, 3.63) is 69.7 Å². The molecule has 1 unspecified atom stereocenters. The lowest BCUT2D eigenvalue weighted by Crippen LogP contribution is -2.37. The molecule has 0 saturated heterocycles. The first-order chi connectivity index (χ1) is 11.0. The number of halogens is 1. The number of benzene rings is 2. The van der Waals surface area contributed by atoms with Crippen LogP contribution in [0.3, 0.4) is 0 Å². The van der Waals surface area contributed by atoms with Crippen LogP contribution in [0.25, 0.3) is 0 Å². The summed E-state index contributed by atoms with van der Waals surface area (Å²) in [5, 5.41) is 0. The number of nitrogens with two attached hydrogens (primary N) is 1. The molecule has 4 nitrogen and oxygen atoms in total. The molecule has 122 valence electrons. The van der Waals surface area contributed by atoms with Crippen molar-refractivity contribution in [2.75, 3.05) is 13.1 Å². The number of sulfonamides is 1. The van der Waals surface area contributed by atoms with Gasteiger partial charge in [0.15, 0.2) is 0 Å². The van der Waals surface area contributed by atoms with E-state index in [0.29, 0.717) is 19.5 Å². The molecule has 3 rings (SSSR count). The third-order valence-corrected chi connectivity index (χ3v) is 6.43. The molecule has 2 aromatic rings. The second-order valence-corrected chi connectivity index (χ2v) is 8.68. The third-order valence-electron chi connectivity index (χ3n) is 4.12. The molecule has 0 bridgehead atoms. The Morgan fingerprint density at radius 3 is 2.65 bits per heavy atom. The number of rotatable bonds is 3. The smallest absolute Gasteiger partial charge is 0.218 e. The Balaban J connectivity index is 1.82. The Labute approximate surface area is 145 Å². The highest BCUT2D eigenvalue weighted by Gasteiger charge is 2.28. The van der Waals surface area contributed by atoms with Crippen molar-refractivity contribution in [3.8, 4) is 0 Å². The van der Waals surface area contributed by atoms with Crippen LogP contribution in [0, 0.1) is 0 Å². The zero-order chi connectivity index (χ0) is 16.4. The molecule has 6 heteroatoms. The average Bonchev–Trinajstić information content (AvgIpc) is 2.67. The predicted octanol–water partition coefficient (Wildman–Crippen LogP) is 2.84. The van der Waals surface area contributed by atoms with Crippen molar-refractivity contribution in [1.29, 1.82) is 0 Å². The van der Waals surface area contributed by atoms with E-state index in [0.717, 1.165) is 21.2 Å². The predicted molar refractivity (Wildman–Crippen MR) is 95.4 cm³/mol. The van der Waals surface area contributed by atoms with Gasteiger partial charge in [-0.15, -0.1) is 0 Å². The fourth-order valence-corrected chi connectivity index (χ4v) is 4.90. The Morgan fingerprint density at radius 2 is 1.91 bits per heavy atom. The topological polar surface area (TPSA) is 63.4 Å². The fraction of sp³-hybridized carbons (Fsp3) is 0.294. The fourth-order valence-electron chi connectivity index (χ4n) is 2.94. The quantitative estimate of drug-likeness (QED) is 0.870. The van der Waals surface area contributed by atoms with Gasteiger partial charge in [0.2, 0.25) is 10.0 Å². The van der Waals surface area contributed by atoms with Crippen LogP contribution in [0.1, 0.15) is 22.7 Å². The summed E-state index contributed by atoms with van der Waals surface area (Å²) in [6.07, 6.45) is 0.677. The van der Waals surface area contributed by atoms with Crippen LogP contribution in [0.5, 0.6) is 0 Å². The van der Waals surface area contributed by atoms with Gasteiger partial charge in [-0.2, -0.15) is 4.31 Å². The summed E-state index contributed by atoms with van der Waals surface area (Å²) < 4.78 is 28.0. The summed E-state index contributed by atoms with van der Waals surface area (Å²) >= 11 is 3.46. The Bertz CT molecular complexity index is 793. The normalized spacial score (nSPS) is 19.1. The van der Waals surface area contributed by atoms with Gasteiger partial charge in [0, 0.05) is 23.6 Å². The van der Waals surface area contributed by atoms with Crippen LogP contribution in [0.15, 0.2) is 53.0 Å². The highest BCUT2D eigenvalue weighted by molar-refractivity contribution is 9.10. The summed E-state index contributed by atoms with van der Waals surface area (Å²) in [5.74, 6) is 0.0145. The molecule has 2 N–H and O–H groups in total. The van der Waals surface area contributed by atoms with E-state index >= 15 is 0 Å². The van der Waals surface area contributed by atoms with E-state index in [1.807, 2.05) is 48.5 Å². The SMILES string of the molecule is NC1CN(S(=O)(=O)Cc2ccccc2)CCc2cc(Br)ccc21. The second-order valence-electron chi connectivity index (χ2n) is 5.80. The molecule has 1 aliphatic heterocycles. The molecular formula is C17H19BrN2O2S. The molecule has 1 aliphatic rings. The highest BCUT2D eigenvalue weighted by Crippen LogP contribution is 2.27. The van der Waals surface area contributed by atoms with E-state index in [2.05, 4.69) is 15.9 Å². The second kappa shape index (κ2) is 6.73. The molecular weight excluding hydrogens is 376 g/mol. The maximum Gasteiger partial charge on any atom is 0.218 e. The van der Waals surface area contributed by atoms with Crippen molar-refractivity contribution in [3.63, 3.8) is 0 Å². The first-order valence-electron chi connectivity index (χ1n) is 7.51. The number of hydrogen-bond acceptors (Lipinski definition) is 3. The summed E-state index contributed by atoms with van der Waals surface area (Å²) in [7, 11) is -3.38. The number of hydrogen-bond donors (Lipinski definition) is 1. The minimum atomic E-state index is -3.38. The summed E-state index contributed by atoms with van der Waals surface area (Å²) in [5.41, 5.74) is 9.20. The van der Waals surface area contributed by atoms with Crippen LogP contribution in [0.2, 0.25) is 0 Å². The van der Waals surface area contributed by atoms with Crippen molar-refractivity contribution in [2.45, 2.75) is 18.2 Å². The van der Waals surface area contributed by atoms with E-state index in [4.69, 9.17) is 5.73 Å². The van der Waals surface area contributed by atoms with Crippen LogP contribution in [0.4, 0.5) is 0 Å². The molecule has 0 aliphatic carbocycles. The average molecular weight is 395 g/mol. The maximum absolute atomic E-state index is 12.7. The van der Waals surface area contributed by atoms with E-state index < -0.39 is 10.0 Å². The lowest BCUT2D eigenvalue weighted by molar-refractivity contribution is 0.400. The van der Waals surface area contributed by atoms with Gasteiger partial charge in [-0.05, 0) is 35.2 Å². The lowest BCUT2D eigenvalue weighted by Gasteiger charge is -2.22. The summed E-state index contributed by atoms with van der Waals surface area (Å²) in [6.45, 7) is 0.788. The number of fused-ring (bicyclic) bond motifs is 1. The molecule has 0 radical (unpaired) electrons. The monoisotopic (exact) mass is 394 g/mol. The first-order valence-corrected chi connectivity index (χ1v) is 9.91. The molecule has 0 saturated carbocycles. The lowest BCUT2D eigenvalue weighted by atomic mass is 10.0. The van der Waals surface area contributed by atoms with E-state index in [1.54, 1.807) is 0 Å². The van der Waals surface area contributed by atoms with Crippen molar-refractivity contribution >= 4 is 26.0 Å². The molecule has 1 heterocycles. The maximum atomic E-state index is 12.7. The standard InChI is InChI=1S/C17H19BrN2O2S/c18-15-6-7-16-14(10-15)8-9-20(11-17(16)19)23(21,22)12-13-4-2-1-3-5-13/h1-7,10,17H,8-9,11-12,19H2. The van der Waals surface area contributed by atoms with Crippen molar-refractivity contribution in [2.24, 2.45) is 5.73 Å². The van der Waals surface area contributed by atoms with E-state index in [-0.39, 0.29) is 11.8 Å². The summed E-state index contributed by atoms with van der Waals surface area (Å²) in [4.78, 5) is 0. The summed E-state index contributed by atoms with van der Waals surface area (Å²) in [6, 6.07) is 14.9. The third kappa shape index (κ3) is 3.83. The molecule has 1 atom stereocenters. The van der Waals surface area contributed by atoms with Crippen molar-refractivity contribution < 1.29 is 8.42 Å². The van der Waals surface area contributed by atoms with Gasteiger partial charge >= 0.3 is 0 Å². The van der Waals surface area contributed by atoms with Crippen LogP contribution >= 0.6 is 15.9 Å². The zero-order valence-electron chi connectivity index (χ0n) is 12.7. The van der Waals surface area contributed by atoms with Gasteiger partial charge < -0.3 is 5.73 Å². The zero-order valence-corrected chi connectivity index (χ0v) is 15.1. The van der Waals surface area contributed by atoms with Crippen LogP contribution in [-0.2, 0) is 22.2 Å². The van der Waals surface area contributed by atoms with Gasteiger partial charge in [0.1, 0.15) is 0 Å². The van der Waals surface area contributed by atoms with Crippen molar-refractivity contribution in [1.82, 2.24) is 4.31 Å².